The van der Waals surface area contributed by atoms with Crippen LogP contribution in [0.3, 0.4) is 0 Å². The van der Waals surface area contributed by atoms with Crippen molar-refractivity contribution in [1.82, 2.24) is 9.88 Å². The highest BCUT2D eigenvalue weighted by molar-refractivity contribution is 6.07. The van der Waals surface area contributed by atoms with Crippen molar-refractivity contribution in [3.05, 3.63) is 40.1 Å². The molecule has 2 aromatic rings. The van der Waals surface area contributed by atoms with Crippen LogP contribution in [0.15, 0.2) is 24.4 Å². The molecule has 2 heterocycles. The molecule has 1 fully saturated rings. The Morgan fingerprint density at radius 3 is 2.70 bits per heavy atom. The molecule has 1 aliphatic rings. The maximum atomic E-state index is 12.0. The minimum atomic E-state index is -0.771. The molecule has 1 atom stereocenters. The summed E-state index contributed by atoms with van der Waals surface area (Å²) in [6.45, 7) is 0. The van der Waals surface area contributed by atoms with Crippen LogP contribution in [0, 0.1) is 10.1 Å². The first-order valence-electron chi connectivity index (χ1n) is 6.05. The first-order valence-corrected chi connectivity index (χ1v) is 6.05. The van der Waals surface area contributed by atoms with Crippen molar-refractivity contribution < 1.29 is 14.5 Å². The van der Waals surface area contributed by atoms with Gasteiger partial charge in [0, 0.05) is 25.2 Å². The fourth-order valence-corrected chi connectivity index (χ4v) is 2.62. The average Bonchev–Trinajstić information content (AvgIpc) is 2.97. The number of likely N-dealkylation sites (N-methyl/N-ethyl adjacent to an activating group) is 1. The Bertz CT molecular complexity index is 749. The largest absolute Gasteiger partial charge is 0.361 e. The van der Waals surface area contributed by atoms with E-state index in [1.807, 2.05) is 0 Å². The van der Waals surface area contributed by atoms with Gasteiger partial charge in [0.15, 0.2) is 0 Å². The van der Waals surface area contributed by atoms with Crippen LogP contribution in [0.1, 0.15) is 17.9 Å². The molecule has 2 amide bonds. The van der Waals surface area contributed by atoms with Crippen molar-refractivity contribution in [2.45, 2.75) is 12.3 Å². The van der Waals surface area contributed by atoms with Crippen molar-refractivity contribution in [3.63, 3.8) is 0 Å². The Morgan fingerprint density at radius 2 is 2.10 bits per heavy atom. The number of amides is 2. The first-order chi connectivity index (χ1) is 9.50. The maximum absolute atomic E-state index is 12.0. The number of nitro benzene ring substituents is 1. The summed E-state index contributed by atoms with van der Waals surface area (Å²) in [5.74, 6) is -1.48. The zero-order chi connectivity index (χ0) is 14.4. The van der Waals surface area contributed by atoms with E-state index in [-0.39, 0.29) is 18.0 Å². The van der Waals surface area contributed by atoms with Gasteiger partial charge >= 0.3 is 0 Å². The molecule has 7 heteroatoms. The molecule has 1 unspecified atom stereocenters. The van der Waals surface area contributed by atoms with E-state index in [1.54, 1.807) is 24.4 Å². The number of carbonyl (C=O) groups excluding carboxylic acids is 2. The van der Waals surface area contributed by atoms with Crippen LogP contribution in [-0.2, 0) is 9.59 Å². The molecule has 1 saturated heterocycles. The number of aromatic nitrogens is 1. The third-order valence-electron chi connectivity index (χ3n) is 3.68. The van der Waals surface area contributed by atoms with E-state index in [4.69, 9.17) is 0 Å². The normalized spacial score (nSPS) is 19.1. The Balaban J connectivity index is 2.21. The molecular weight excluding hydrogens is 262 g/mol. The monoisotopic (exact) mass is 273 g/mol. The quantitative estimate of drug-likeness (QED) is 0.510. The number of nitrogens with zero attached hydrogens (tertiary/aromatic N) is 2. The predicted molar refractivity (Wildman–Crippen MR) is 70.1 cm³/mol. The minimum absolute atomic E-state index is 0.0217. The summed E-state index contributed by atoms with van der Waals surface area (Å²) >= 11 is 0. The number of rotatable bonds is 2. The van der Waals surface area contributed by atoms with Gasteiger partial charge in [0.2, 0.25) is 11.8 Å². The van der Waals surface area contributed by atoms with Gasteiger partial charge in [0.05, 0.1) is 21.7 Å². The van der Waals surface area contributed by atoms with E-state index in [9.17, 15) is 19.7 Å². The van der Waals surface area contributed by atoms with E-state index >= 15 is 0 Å². The lowest BCUT2D eigenvalue weighted by Gasteiger charge is -2.10. The van der Waals surface area contributed by atoms with Crippen LogP contribution in [0.5, 0.6) is 0 Å². The van der Waals surface area contributed by atoms with Crippen molar-refractivity contribution in [3.8, 4) is 0 Å². The van der Waals surface area contributed by atoms with Gasteiger partial charge in [-0.15, -0.1) is 0 Å². The van der Waals surface area contributed by atoms with Gasteiger partial charge in [-0.25, -0.2) is 0 Å². The molecule has 102 valence electrons. The van der Waals surface area contributed by atoms with Crippen LogP contribution >= 0.6 is 0 Å². The maximum Gasteiger partial charge on any atom is 0.282 e. The highest BCUT2D eigenvalue weighted by Crippen LogP contribution is 2.38. The summed E-state index contributed by atoms with van der Waals surface area (Å²) in [5, 5.41) is 11.8. The molecule has 1 aromatic carbocycles. The summed E-state index contributed by atoms with van der Waals surface area (Å²) < 4.78 is 0. The molecule has 0 bridgehead atoms. The lowest BCUT2D eigenvalue weighted by atomic mass is 9.94. The predicted octanol–water partition coefficient (Wildman–Crippen LogP) is 1.55. The number of hydrogen-bond acceptors (Lipinski definition) is 4. The standard InChI is InChI=1S/C13H11N3O4/c1-15-11(17)6-9(13(15)18)7-2-3-10-8(4-5-14-10)12(7)16(19)20/h2-5,9,14H,6H2,1H3. The molecule has 0 saturated carbocycles. The summed E-state index contributed by atoms with van der Waals surface area (Å²) in [6, 6.07) is 4.83. The number of likely N-dealkylation sites (tertiary alicyclic amines) is 1. The van der Waals surface area contributed by atoms with Gasteiger partial charge in [-0.05, 0) is 18.2 Å². The van der Waals surface area contributed by atoms with Crippen molar-refractivity contribution in [2.75, 3.05) is 7.05 Å². The van der Waals surface area contributed by atoms with Crippen molar-refractivity contribution in [1.29, 1.82) is 0 Å². The van der Waals surface area contributed by atoms with E-state index in [1.165, 1.54) is 7.05 Å². The third kappa shape index (κ3) is 1.59. The Kier molecular flexibility index (Phi) is 2.56. The number of nitrogens with one attached hydrogen (secondary N) is 1. The Labute approximate surface area is 113 Å². The number of aromatic amines is 1. The van der Waals surface area contributed by atoms with Gasteiger partial charge < -0.3 is 4.98 Å². The van der Waals surface area contributed by atoms with Crippen LogP contribution in [-0.4, -0.2) is 33.7 Å². The fourth-order valence-electron chi connectivity index (χ4n) is 2.62. The number of H-pyrrole nitrogens is 1. The number of carbonyl (C=O) groups is 2. The lowest BCUT2D eigenvalue weighted by Crippen LogP contribution is -2.25. The lowest BCUT2D eigenvalue weighted by molar-refractivity contribution is -0.383. The topological polar surface area (TPSA) is 96.3 Å². The van der Waals surface area contributed by atoms with Crippen LogP contribution in [0.4, 0.5) is 5.69 Å². The fraction of sp³-hybridized carbons (Fsp3) is 0.231. The van der Waals surface area contributed by atoms with Gasteiger partial charge in [0.1, 0.15) is 0 Å². The second kappa shape index (κ2) is 4.16. The molecule has 1 aliphatic heterocycles. The second-order valence-electron chi connectivity index (χ2n) is 4.75. The highest BCUT2D eigenvalue weighted by atomic mass is 16.6. The second-order valence-corrected chi connectivity index (χ2v) is 4.75. The molecule has 3 rings (SSSR count). The molecule has 20 heavy (non-hydrogen) atoms. The van der Waals surface area contributed by atoms with Gasteiger partial charge in [-0.1, -0.05) is 0 Å². The van der Waals surface area contributed by atoms with Crippen molar-refractivity contribution in [2.24, 2.45) is 0 Å². The van der Waals surface area contributed by atoms with Gasteiger partial charge in [-0.3, -0.25) is 24.6 Å². The minimum Gasteiger partial charge on any atom is -0.361 e. The van der Waals surface area contributed by atoms with E-state index in [2.05, 4.69) is 4.98 Å². The zero-order valence-corrected chi connectivity index (χ0v) is 10.6. The molecule has 7 nitrogen and oxygen atoms in total. The molecule has 0 radical (unpaired) electrons. The summed E-state index contributed by atoms with van der Waals surface area (Å²) in [4.78, 5) is 38.4. The summed E-state index contributed by atoms with van der Waals surface area (Å²) in [5.41, 5.74) is 0.820. The smallest absolute Gasteiger partial charge is 0.282 e. The van der Waals surface area contributed by atoms with Crippen molar-refractivity contribution >= 4 is 28.4 Å². The zero-order valence-electron chi connectivity index (χ0n) is 10.6. The Morgan fingerprint density at radius 1 is 1.35 bits per heavy atom. The summed E-state index contributed by atoms with van der Waals surface area (Å²) in [7, 11) is 1.39. The number of imide groups is 1. The van der Waals surface area contributed by atoms with E-state index < -0.39 is 16.7 Å². The Hall–Kier alpha value is -2.70. The first kappa shape index (κ1) is 12.3. The third-order valence-corrected chi connectivity index (χ3v) is 3.68. The SMILES string of the molecule is CN1C(=O)CC(c2ccc3[nH]ccc3c2[N+](=O)[O-])C1=O. The number of nitro groups is 1. The van der Waals surface area contributed by atoms with Crippen LogP contribution in [0.25, 0.3) is 10.9 Å². The molecule has 1 N–H and O–H groups in total. The highest BCUT2D eigenvalue weighted by Gasteiger charge is 2.40. The molecular formula is C13H11N3O4. The molecule has 0 aliphatic carbocycles. The van der Waals surface area contributed by atoms with Crippen LogP contribution < -0.4 is 0 Å². The molecule has 0 spiro atoms. The van der Waals surface area contributed by atoms with Gasteiger partial charge in [-0.2, -0.15) is 0 Å². The van der Waals surface area contributed by atoms with Crippen LogP contribution in [0.2, 0.25) is 0 Å². The molecule has 1 aromatic heterocycles. The summed E-state index contributed by atoms with van der Waals surface area (Å²) in [6.07, 6.45) is 1.58. The van der Waals surface area contributed by atoms with Gasteiger partial charge in [0.25, 0.3) is 5.69 Å². The van der Waals surface area contributed by atoms with E-state index in [0.717, 1.165) is 4.90 Å². The number of benzene rings is 1. The average molecular weight is 273 g/mol. The van der Waals surface area contributed by atoms with E-state index in [0.29, 0.717) is 16.5 Å². The number of fused-ring (bicyclic) bond motifs is 1. The number of hydrogen-bond donors (Lipinski definition) is 1.